The third-order valence-corrected chi connectivity index (χ3v) is 3.97. The van der Waals surface area contributed by atoms with E-state index < -0.39 is 0 Å². The van der Waals surface area contributed by atoms with Gasteiger partial charge in [-0.3, -0.25) is 4.79 Å². The number of benzene rings is 1. The van der Waals surface area contributed by atoms with Gasteiger partial charge < -0.3 is 14.8 Å². The van der Waals surface area contributed by atoms with Gasteiger partial charge in [0.15, 0.2) is 0 Å². The van der Waals surface area contributed by atoms with Crippen LogP contribution in [0.3, 0.4) is 0 Å². The van der Waals surface area contributed by atoms with Crippen LogP contribution in [-0.2, 0) is 9.53 Å². The maximum Gasteiger partial charge on any atom is 0.224 e. The first kappa shape index (κ1) is 19.2. The molecule has 0 aliphatic rings. The number of nitrogens with one attached hydrogen (secondary N) is 1. The van der Waals surface area contributed by atoms with E-state index in [1.165, 1.54) is 0 Å². The summed E-state index contributed by atoms with van der Waals surface area (Å²) in [5.74, 6) is 0.858. The van der Waals surface area contributed by atoms with Gasteiger partial charge in [-0.05, 0) is 50.5 Å². The number of anilines is 1. The number of halogens is 1. The molecule has 1 atom stereocenters. The summed E-state index contributed by atoms with van der Waals surface area (Å²) in [4.78, 5) is 11.8. The van der Waals surface area contributed by atoms with Gasteiger partial charge in [0, 0.05) is 23.1 Å². The van der Waals surface area contributed by atoms with Gasteiger partial charge in [0.25, 0.3) is 0 Å². The Morgan fingerprint density at radius 1 is 1.23 bits per heavy atom. The third-order valence-electron chi connectivity index (χ3n) is 3.21. The minimum atomic E-state index is 0.0198. The average Bonchev–Trinajstić information content (AvgIpc) is 2.53. The molecule has 1 amide bonds. The van der Waals surface area contributed by atoms with E-state index >= 15 is 0 Å². The highest BCUT2D eigenvalue weighted by Gasteiger charge is 2.04. The molecule has 0 spiro atoms. The highest BCUT2D eigenvalue weighted by Crippen LogP contribution is 2.16. The summed E-state index contributed by atoms with van der Waals surface area (Å²) in [5.41, 5.74) is 0.800. The molecule has 1 aromatic rings. The van der Waals surface area contributed by atoms with Gasteiger partial charge in [-0.1, -0.05) is 29.5 Å². The van der Waals surface area contributed by atoms with Crippen LogP contribution in [0.25, 0.3) is 0 Å². The van der Waals surface area contributed by atoms with E-state index in [-0.39, 0.29) is 12.0 Å². The highest BCUT2D eigenvalue weighted by molar-refractivity contribution is 14.1. The SMILES string of the molecule is CCC(C)OCCCC(=O)Nc1ccc(OCCCI)cc1. The molecule has 1 rings (SSSR count). The lowest BCUT2D eigenvalue weighted by Gasteiger charge is -2.10. The second kappa shape index (κ2) is 11.7. The van der Waals surface area contributed by atoms with Gasteiger partial charge >= 0.3 is 0 Å². The summed E-state index contributed by atoms with van der Waals surface area (Å²) >= 11 is 2.33. The van der Waals surface area contributed by atoms with E-state index in [1.807, 2.05) is 31.2 Å². The van der Waals surface area contributed by atoms with Gasteiger partial charge in [0.1, 0.15) is 5.75 Å². The molecule has 5 heteroatoms. The molecule has 1 aromatic carbocycles. The summed E-state index contributed by atoms with van der Waals surface area (Å²) < 4.78 is 12.2. The molecule has 4 nitrogen and oxygen atoms in total. The zero-order chi connectivity index (χ0) is 16.2. The largest absolute Gasteiger partial charge is 0.494 e. The Kier molecular flexibility index (Phi) is 10.2. The molecule has 22 heavy (non-hydrogen) atoms. The summed E-state index contributed by atoms with van der Waals surface area (Å²) in [6.45, 7) is 5.49. The Morgan fingerprint density at radius 2 is 1.95 bits per heavy atom. The van der Waals surface area contributed by atoms with Gasteiger partial charge in [-0.25, -0.2) is 0 Å². The first-order chi connectivity index (χ1) is 10.7. The minimum absolute atomic E-state index is 0.0198. The number of rotatable bonds is 11. The second-order valence-electron chi connectivity index (χ2n) is 5.16. The zero-order valence-electron chi connectivity index (χ0n) is 13.4. The number of alkyl halides is 1. The van der Waals surface area contributed by atoms with Crippen molar-refractivity contribution in [1.82, 2.24) is 0 Å². The van der Waals surface area contributed by atoms with Crippen molar-refractivity contribution >= 4 is 34.2 Å². The average molecular weight is 419 g/mol. The molecule has 0 heterocycles. The fourth-order valence-electron chi connectivity index (χ4n) is 1.74. The second-order valence-corrected chi connectivity index (χ2v) is 6.24. The van der Waals surface area contributed by atoms with Crippen LogP contribution in [0.15, 0.2) is 24.3 Å². The van der Waals surface area contributed by atoms with E-state index in [1.54, 1.807) is 0 Å². The van der Waals surface area contributed by atoms with E-state index in [2.05, 4.69) is 34.8 Å². The van der Waals surface area contributed by atoms with Gasteiger partial charge in [-0.15, -0.1) is 0 Å². The Balaban J connectivity index is 2.23. The summed E-state index contributed by atoms with van der Waals surface area (Å²) in [6.07, 6.45) is 3.52. The van der Waals surface area contributed by atoms with Gasteiger partial charge in [0.2, 0.25) is 5.91 Å². The molecule has 1 unspecified atom stereocenters. The molecule has 0 aliphatic heterocycles. The smallest absolute Gasteiger partial charge is 0.224 e. The molecule has 1 N–H and O–H groups in total. The molecule has 0 fully saturated rings. The Morgan fingerprint density at radius 3 is 2.59 bits per heavy atom. The summed E-state index contributed by atoms with van der Waals surface area (Å²) in [7, 11) is 0. The molecular weight excluding hydrogens is 393 g/mol. The Labute approximate surface area is 147 Å². The predicted octanol–water partition coefficient (Wildman–Crippen LogP) is 4.42. The van der Waals surface area contributed by atoms with Crippen molar-refractivity contribution in [3.8, 4) is 5.75 Å². The van der Waals surface area contributed by atoms with E-state index in [0.29, 0.717) is 13.0 Å². The summed E-state index contributed by atoms with van der Waals surface area (Å²) in [6, 6.07) is 7.50. The zero-order valence-corrected chi connectivity index (χ0v) is 15.6. The molecule has 0 aliphatic carbocycles. The van der Waals surface area contributed by atoms with Crippen LogP contribution in [0.5, 0.6) is 5.75 Å². The van der Waals surface area contributed by atoms with Gasteiger partial charge in [0.05, 0.1) is 12.7 Å². The van der Waals surface area contributed by atoms with E-state index in [9.17, 15) is 4.79 Å². The Bertz CT molecular complexity index is 422. The molecule has 0 saturated heterocycles. The first-order valence-corrected chi connectivity index (χ1v) is 9.38. The fourth-order valence-corrected chi connectivity index (χ4v) is 2.05. The fraction of sp³-hybridized carbons (Fsp3) is 0.588. The van der Waals surface area contributed by atoms with Crippen LogP contribution in [0, 0.1) is 0 Å². The standard InChI is InChI=1S/C17H26INO3/c1-3-14(2)21-12-4-6-17(20)19-15-7-9-16(10-8-15)22-13-5-11-18/h7-10,14H,3-6,11-13H2,1-2H3,(H,19,20). The van der Waals surface area contributed by atoms with Crippen LogP contribution in [0.1, 0.15) is 39.5 Å². The van der Waals surface area contributed by atoms with Crippen LogP contribution in [-0.4, -0.2) is 29.7 Å². The molecule has 0 bridgehead atoms. The van der Waals surface area contributed by atoms with Crippen molar-refractivity contribution in [2.75, 3.05) is 23.0 Å². The van der Waals surface area contributed by atoms with E-state index in [4.69, 9.17) is 9.47 Å². The van der Waals surface area contributed by atoms with Crippen molar-refractivity contribution in [1.29, 1.82) is 0 Å². The lowest BCUT2D eigenvalue weighted by Crippen LogP contribution is -2.14. The quantitative estimate of drug-likeness (QED) is 0.328. The summed E-state index contributed by atoms with van der Waals surface area (Å²) in [5, 5.41) is 2.89. The minimum Gasteiger partial charge on any atom is -0.494 e. The van der Waals surface area contributed by atoms with Crippen LogP contribution in [0.4, 0.5) is 5.69 Å². The first-order valence-electron chi connectivity index (χ1n) is 7.86. The van der Waals surface area contributed by atoms with Crippen LogP contribution in [0.2, 0.25) is 0 Å². The maximum atomic E-state index is 11.8. The lowest BCUT2D eigenvalue weighted by atomic mass is 10.2. The molecule has 0 radical (unpaired) electrons. The predicted molar refractivity (Wildman–Crippen MR) is 99.0 cm³/mol. The van der Waals surface area contributed by atoms with E-state index in [0.717, 1.165) is 41.7 Å². The number of hydrogen-bond donors (Lipinski definition) is 1. The molecule has 0 aromatic heterocycles. The molecule has 0 saturated carbocycles. The van der Waals surface area contributed by atoms with Crippen molar-refractivity contribution in [3.63, 3.8) is 0 Å². The number of amides is 1. The van der Waals surface area contributed by atoms with Crippen molar-refractivity contribution < 1.29 is 14.3 Å². The third kappa shape index (κ3) is 8.58. The molecular formula is C17H26INO3. The maximum absolute atomic E-state index is 11.8. The number of carbonyl (C=O) groups is 1. The van der Waals surface area contributed by atoms with Crippen molar-refractivity contribution in [2.45, 2.75) is 45.6 Å². The van der Waals surface area contributed by atoms with Crippen LogP contribution >= 0.6 is 22.6 Å². The topological polar surface area (TPSA) is 47.6 Å². The number of ether oxygens (including phenoxy) is 2. The lowest BCUT2D eigenvalue weighted by molar-refractivity contribution is -0.116. The normalized spacial score (nSPS) is 12.0. The van der Waals surface area contributed by atoms with Crippen molar-refractivity contribution in [3.05, 3.63) is 24.3 Å². The van der Waals surface area contributed by atoms with Crippen molar-refractivity contribution in [2.24, 2.45) is 0 Å². The monoisotopic (exact) mass is 419 g/mol. The van der Waals surface area contributed by atoms with Crippen LogP contribution < -0.4 is 10.1 Å². The number of carbonyl (C=O) groups excluding carboxylic acids is 1. The number of hydrogen-bond acceptors (Lipinski definition) is 3. The highest BCUT2D eigenvalue weighted by atomic mass is 127. The molecule has 124 valence electrons. The van der Waals surface area contributed by atoms with Gasteiger partial charge in [-0.2, -0.15) is 0 Å². The Hall–Kier alpha value is -0.820.